The van der Waals surface area contributed by atoms with Crippen LogP contribution in [0.5, 0.6) is 0 Å². The Morgan fingerprint density at radius 2 is 1.71 bits per heavy atom. The van der Waals surface area contributed by atoms with Gasteiger partial charge in [0.2, 0.25) is 0 Å². The van der Waals surface area contributed by atoms with Crippen molar-refractivity contribution in [1.82, 2.24) is 10.3 Å². The Balaban J connectivity index is 1.14. The van der Waals surface area contributed by atoms with Crippen molar-refractivity contribution in [2.45, 2.75) is 12.3 Å². The fourth-order valence-electron chi connectivity index (χ4n) is 4.69. The topological polar surface area (TPSA) is 80.4 Å². The molecule has 0 saturated carbocycles. The van der Waals surface area contributed by atoms with E-state index in [2.05, 4.69) is 34.6 Å². The van der Waals surface area contributed by atoms with Crippen LogP contribution >= 0.6 is 0 Å². The number of ether oxygens (including phenoxy) is 2. The maximum absolute atomic E-state index is 12.3. The number of carbonyl (C=O) groups is 2. The molecule has 0 radical (unpaired) electrons. The van der Waals surface area contributed by atoms with Gasteiger partial charge in [-0.05, 0) is 52.4 Å². The Morgan fingerprint density at radius 3 is 2.43 bits per heavy atom. The maximum Gasteiger partial charge on any atom is 0.407 e. The number of hydrogen-bond acceptors (Lipinski definition) is 4. The minimum absolute atomic E-state index is 0.0416. The normalized spacial score (nSPS) is 12.5. The molecule has 176 valence electrons. The third-order valence-corrected chi connectivity index (χ3v) is 6.33. The minimum Gasteiger partial charge on any atom is -0.465 e. The number of nitrogens with one attached hydrogen (secondary N) is 2. The maximum atomic E-state index is 12.3. The van der Waals surface area contributed by atoms with Gasteiger partial charge in [-0.1, -0.05) is 60.7 Å². The average molecular weight is 467 g/mol. The first-order valence-electron chi connectivity index (χ1n) is 11.6. The van der Waals surface area contributed by atoms with Crippen LogP contribution in [0.3, 0.4) is 0 Å². The number of aromatic nitrogens is 1. The number of fused-ring (bicyclic) bond motifs is 4. The summed E-state index contributed by atoms with van der Waals surface area (Å²) in [4.78, 5) is 27.5. The SMILES string of the molecule is COC(=O)c1cc(C=CCCNC(=O)OCC2c3ccccc3-c3ccccc32)cc2[nH]ccc12. The fraction of sp³-hybridized carbons (Fsp3) is 0.172. The number of amides is 1. The molecule has 1 aliphatic carbocycles. The van der Waals surface area contributed by atoms with Crippen molar-refractivity contribution in [2.75, 3.05) is 20.3 Å². The molecule has 0 saturated heterocycles. The highest BCUT2D eigenvalue weighted by Gasteiger charge is 2.28. The van der Waals surface area contributed by atoms with Gasteiger partial charge >= 0.3 is 12.1 Å². The van der Waals surface area contributed by atoms with Crippen LogP contribution < -0.4 is 5.32 Å². The molecule has 2 N–H and O–H groups in total. The van der Waals surface area contributed by atoms with Crippen LogP contribution in [-0.4, -0.2) is 37.3 Å². The minimum atomic E-state index is -0.430. The van der Waals surface area contributed by atoms with E-state index in [0.29, 0.717) is 25.1 Å². The first-order chi connectivity index (χ1) is 17.2. The summed E-state index contributed by atoms with van der Waals surface area (Å²) in [6, 6.07) is 22.2. The predicted octanol–water partition coefficient (Wildman–Crippen LogP) is 5.90. The number of alkyl carbamates (subject to hydrolysis) is 1. The van der Waals surface area contributed by atoms with Crippen molar-refractivity contribution in [3.63, 3.8) is 0 Å². The molecule has 0 aliphatic heterocycles. The summed E-state index contributed by atoms with van der Waals surface area (Å²) in [6.07, 6.45) is 5.87. The summed E-state index contributed by atoms with van der Waals surface area (Å²) < 4.78 is 10.5. The molecule has 6 nitrogen and oxygen atoms in total. The highest BCUT2D eigenvalue weighted by atomic mass is 16.5. The average Bonchev–Trinajstić information content (AvgIpc) is 3.49. The summed E-state index contributed by atoms with van der Waals surface area (Å²) in [5.74, 6) is -0.332. The Morgan fingerprint density at radius 1 is 1.00 bits per heavy atom. The molecular formula is C29H26N2O4. The van der Waals surface area contributed by atoms with Crippen LogP contribution in [0.4, 0.5) is 4.79 Å². The van der Waals surface area contributed by atoms with E-state index in [1.54, 1.807) is 12.3 Å². The summed E-state index contributed by atoms with van der Waals surface area (Å²) >= 11 is 0. The lowest BCUT2D eigenvalue weighted by atomic mass is 9.98. The van der Waals surface area contributed by atoms with Crippen molar-refractivity contribution in [1.29, 1.82) is 0 Å². The summed E-state index contributed by atoms with van der Waals surface area (Å²) in [5, 5.41) is 3.64. The van der Waals surface area contributed by atoms with Crippen LogP contribution in [0.2, 0.25) is 0 Å². The number of hydrogen-bond donors (Lipinski definition) is 2. The molecule has 3 aromatic carbocycles. The second-order valence-electron chi connectivity index (χ2n) is 8.44. The molecule has 1 aromatic heterocycles. The van der Waals surface area contributed by atoms with Gasteiger partial charge in [0.15, 0.2) is 0 Å². The third kappa shape index (κ3) is 4.55. The molecule has 1 amide bonds. The van der Waals surface area contributed by atoms with Crippen molar-refractivity contribution in [2.24, 2.45) is 0 Å². The van der Waals surface area contributed by atoms with Gasteiger partial charge < -0.3 is 19.8 Å². The smallest absolute Gasteiger partial charge is 0.407 e. The summed E-state index contributed by atoms with van der Waals surface area (Å²) in [5.41, 5.74) is 7.04. The lowest BCUT2D eigenvalue weighted by Gasteiger charge is -2.14. The molecule has 0 bridgehead atoms. The van der Waals surface area contributed by atoms with Crippen LogP contribution in [0, 0.1) is 0 Å². The monoisotopic (exact) mass is 466 g/mol. The Hall–Kier alpha value is -4.32. The van der Waals surface area contributed by atoms with Crippen LogP contribution in [0.1, 0.15) is 39.4 Å². The lowest BCUT2D eigenvalue weighted by molar-refractivity contribution is 0.0603. The largest absolute Gasteiger partial charge is 0.465 e. The van der Waals surface area contributed by atoms with E-state index in [-0.39, 0.29) is 11.9 Å². The first-order valence-corrected chi connectivity index (χ1v) is 11.6. The number of benzene rings is 3. The van der Waals surface area contributed by atoms with E-state index >= 15 is 0 Å². The van der Waals surface area contributed by atoms with E-state index < -0.39 is 6.09 Å². The van der Waals surface area contributed by atoms with E-state index in [1.807, 2.05) is 48.6 Å². The summed E-state index contributed by atoms with van der Waals surface area (Å²) in [6.45, 7) is 0.740. The standard InChI is InChI=1S/C29H26N2O4/c1-34-28(32)25-16-19(17-27-24(25)13-15-30-27)8-6-7-14-31-29(33)35-18-26-22-11-4-2-9-20(22)21-10-3-5-12-23(21)26/h2-6,8-13,15-17,26,30H,7,14,18H2,1H3,(H,31,33). The highest BCUT2D eigenvalue weighted by Crippen LogP contribution is 2.44. The molecule has 1 aliphatic rings. The Kier molecular flexibility index (Phi) is 6.35. The predicted molar refractivity (Wildman–Crippen MR) is 136 cm³/mol. The molecule has 0 spiro atoms. The van der Waals surface area contributed by atoms with E-state index in [4.69, 9.17) is 9.47 Å². The lowest BCUT2D eigenvalue weighted by Crippen LogP contribution is -2.26. The Labute approximate surface area is 203 Å². The second-order valence-corrected chi connectivity index (χ2v) is 8.44. The van der Waals surface area contributed by atoms with Crippen molar-refractivity contribution in [3.8, 4) is 11.1 Å². The number of carbonyl (C=O) groups excluding carboxylic acids is 2. The van der Waals surface area contributed by atoms with Gasteiger partial charge in [0.25, 0.3) is 0 Å². The molecule has 0 fully saturated rings. The van der Waals surface area contributed by atoms with Crippen molar-refractivity contribution < 1.29 is 19.1 Å². The number of aromatic amines is 1. The van der Waals surface area contributed by atoms with Gasteiger partial charge in [0.1, 0.15) is 6.61 Å². The van der Waals surface area contributed by atoms with E-state index in [1.165, 1.54) is 29.4 Å². The van der Waals surface area contributed by atoms with Gasteiger partial charge in [-0.2, -0.15) is 0 Å². The highest BCUT2D eigenvalue weighted by molar-refractivity contribution is 6.04. The van der Waals surface area contributed by atoms with Crippen LogP contribution in [0.15, 0.2) is 79.0 Å². The van der Waals surface area contributed by atoms with E-state index in [0.717, 1.165) is 16.5 Å². The zero-order valence-corrected chi connectivity index (χ0v) is 19.4. The van der Waals surface area contributed by atoms with Gasteiger partial charge in [-0.3, -0.25) is 0 Å². The van der Waals surface area contributed by atoms with Crippen LogP contribution in [0.25, 0.3) is 28.1 Å². The fourth-order valence-corrected chi connectivity index (χ4v) is 4.69. The number of H-pyrrole nitrogens is 1. The van der Waals surface area contributed by atoms with E-state index in [9.17, 15) is 9.59 Å². The number of esters is 1. The molecule has 4 aromatic rings. The third-order valence-electron chi connectivity index (χ3n) is 6.33. The molecular weight excluding hydrogens is 440 g/mol. The molecule has 6 heteroatoms. The Bertz CT molecular complexity index is 1370. The molecule has 1 heterocycles. The zero-order chi connectivity index (χ0) is 24.2. The van der Waals surface area contributed by atoms with Crippen molar-refractivity contribution >= 4 is 29.0 Å². The molecule has 35 heavy (non-hydrogen) atoms. The quantitative estimate of drug-likeness (QED) is 0.263. The molecule has 0 unspecified atom stereocenters. The van der Waals surface area contributed by atoms with Crippen molar-refractivity contribution in [3.05, 3.63) is 101 Å². The van der Waals surface area contributed by atoms with Crippen LogP contribution in [-0.2, 0) is 9.47 Å². The number of methoxy groups -OCH3 is 1. The van der Waals surface area contributed by atoms with Gasteiger partial charge in [0.05, 0.1) is 12.7 Å². The summed E-state index contributed by atoms with van der Waals surface area (Å²) in [7, 11) is 1.37. The second kappa shape index (κ2) is 9.89. The number of rotatable bonds is 7. The zero-order valence-electron chi connectivity index (χ0n) is 19.4. The molecule has 5 rings (SSSR count). The van der Waals surface area contributed by atoms with Gasteiger partial charge in [-0.25, -0.2) is 9.59 Å². The molecule has 0 atom stereocenters. The van der Waals surface area contributed by atoms with Gasteiger partial charge in [-0.15, -0.1) is 0 Å². The first kappa shape index (κ1) is 22.5. The van der Waals surface area contributed by atoms with Gasteiger partial charge in [0, 0.05) is 29.6 Å².